The molecule has 6 nitrogen and oxygen atoms in total. The molecule has 0 fully saturated rings. The third-order valence-corrected chi connectivity index (χ3v) is 4.53. The minimum absolute atomic E-state index is 0.0238. The van der Waals surface area contributed by atoms with E-state index in [-0.39, 0.29) is 11.8 Å². The Morgan fingerprint density at radius 1 is 1.38 bits per heavy atom. The Labute approximate surface area is 139 Å². The Kier molecular flexibility index (Phi) is 3.65. The standard InChI is InChI=1S/C18H18N4O2/c1-12-19-11-16-10-14(5-7-22(12)16)18(23)20-15-4-2-3-13(9-15)17-6-8-24-21-17/h2-4,6,8-9,11,14H,5,7,10H2,1H3,(H,20,23). The molecule has 1 amide bonds. The summed E-state index contributed by atoms with van der Waals surface area (Å²) in [6.07, 6.45) is 4.97. The van der Waals surface area contributed by atoms with Gasteiger partial charge in [-0.1, -0.05) is 17.3 Å². The van der Waals surface area contributed by atoms with Gasteiger partial charge in [0, 0.05) is 48.1 Å². The highest BCUT2D eigenvalue weighted by Gasteiger charge is 2.26. The van der Waals surface area contributed by atoms with E-state index in [4.69, 9.17) is 4.52 Å². The summed E-state index contributed by atoms with van der Waals surface area (Å²) in [5, 5.41) is 6.95. The Bertz CT molecular complexity index is 867. The van der Waals surface area contributed by atoms with Crippen LogP contribution in [0.2, 0.25) is 0 Å². The summed E-state index contributed by atoms with van der Waals surface area (Å²) < 4.78 is 7.06. The van der Waals surface area contributed by atoms with Crippen LogP contribution in [-0.2, 0) is 17.8 Å². The molecule has 0 saturated heterocycles. The topological polar surface area (TPSA) is 73.0 Å². The van der Waals surface area contributed by atoms with E-state index in [1.807, 2.05) is 37.4 Å². The molecule has 3 aromatic rings. The number of aryl methyl sites for hydroxylation is 1. The smallest absolute Gasteiger partial charge is 0.227 e. The van der Waals surface area contributed by atoms with Crippen molar-refractivity contribution in [2.24, 2.45) is 5.92 Å². The molecule has 1 aromatic carbocycles. The van der Waals surface area contributed by atoms with Gasteiger partial charge in [0.2, 0.25) is 5.91 Å². The minimum Gasteiger partial charge on any atom is -0.364 e. The molecule has 4 rings (SSSR count). The van der Waals surface area contributed by atoms with Crippen molar-refractivity contribution in [3.63, 3.8) is 0 Å². The maximum Gasteiger partial charge on any atom is 0.227 e. The number of nitrogens with zero attached hydrogens (tertiary/aromatic N) is 3. The first-order chi connectivity index (χ1) is 11.7. The summed E-state index contributed by atoms with van der Waals surface area (Å²) in [4.78, 5) is 16.9. The second-order valence-corrected chi connectivity index (χ2v) is 6.09. The van der Waals surface area contributed by atoms with Crippen LogP contribution >= 0.6 is 0 Å². The van der Waals surface area contributed by atoms with E-state index in [0.29, 0.717) is 0 Å². The van der Waals surface area contributed by atoms with Gasteiger partial charge in [-0.2, -0.15) is 0 Å². The van der Waals surface area contributed by atoms with Crippen LogP contribution in [0.4, 0.5) is 5.69 Å². The van der Waals surface area contributed by atoms with E-state index in [1.54, 1.807) is 6.07 Å². The molecule has 122 valence electrons. The maximum absolute atomic E-state index is 12.6. The number of benzene rings is 1. The second-order valence-electron chi connectivity index (χ2n) is 6.09. The quantitative estimate of drug-likeness (QED) is 0.804. The summed E-state index contributed by atoms with van der Waals surface area (Å²) in [6.45, 7) is 2.84. The second kappa shape index (κ2) is 5.96. The Balaban J connectivity index is 1.48. The molecule has 1 N–H and O–H groups in total. The van der Waals surface area contributed by atoms with Crippen LogP contribution in [0.25, 0.3) is 11.3 Å². The highest BCUT2D eigenvalue weighted by Crippen LogP contribution is 2.25. The zero-order valence-electron chi connectivity index (χ0n) is 13.4. The van der Waals surface area contributed by atoms with Gasteiger partial charge in [0.05, 0.1) is 0 Å². The number of hydrogen-bond acceptors (Lipinski definition) is 4. The van der Waals surface area contributed by atoms with Crippen LogP contribution in [-0.4, -0.2) is 20.6 Å². The molecule has 1 aliphatic rings. The first-order valence-electron chi connectivity index (χ1n) is 8.03. The molecule has 0 saturated carbocycles. The zero-order valence-corrected chi connectivity index (χ0v) is 13.4. The van der Waals surface area contributed by atoms with Gasteiger partial charge < -0.3 is 14.4 Å². The summed E-state index contributed by atoms with van der Waals surface area (Å²) in [5.41, 5.74) is 3.58. The van der Waals surface area contributed by atoms with Crippen LogP contribution in [0, 0.1) is 12.8 Å². The molecule has 24 heavy (non-hydrogen) atoms. The highest BCUT2D eigenvalue weighted by molar-refractivity contribution is 5.93. The Morgan fingerprint density at radius 3 is 3.12 bits per heavy atom. The lowest BCUT2D eigenvalue weighted by atomic mass is 9.95. The van der Waals surface area contributed by atoms with Gasteiger partial charge in [0.1, 0.15) is 17.8 Å². The van der Waals surface area contributed by atoms with Crippen LogP contribution in [0.3, 0.4) is 0 Å². The molecular formula is C18H18N4O2. The van der Waals surface area contributed by atoms with Gasteiger partial charge in [-0.3, -0.25) is 4.79 Å². The first-order valence-corrected chi connectivity index (χ1v) is 8.03. The van der Waals surface area contributed by atoms with Gasteiger partial charge >= 0.3 is 0 Å². The molecule has 2 aromatic heterocycles. The summed E-state index contributed by atoms with van der Waals surface area (Å²) in [7, 11) is 0. The maximum atomic E-state index is 12.6. The lowest BCUT2D eigenvalue weighted by molar-refractivity contribution is -0.120. The fourth-order valence-corrected chi connectivity index (χ4v) is 3.21. The SMILES string of the molecule is Cc1ncc2n1CCC(C(=O)Nc1cccc(-c3ccon3)c1)C2. The molecule has 0 radical (unpaired) electrons. The largest absolute Gasteiger partial charge is 0.364 e. The summed E-state index contributed by atoms with van der Waals surface area (Å²) in [5.74, 6) is 1.05. The average Bonchev–Trinajstić information content (AvgIpc) is 3.25. The average molecular weight is 322 g/mol. The van der Waals surface area contributed by atoms with Crippen LogP contribution in [0.15, 0.2) is 47.3 Å². The fourth-order valence-electron chi connectivity index (χ4n) is 3.21. The zero-order chi connectivity index (χ0) is 16.5. The van der Waals surface area contributed by atoms with Crippen molar-refractivity contribution in [1.82, 2.24) is 14.7 Å². The number of carbonyl (C=O) groups excluding carboxylic acids is 1. The summed E-state index contributed by atoms with van der Waals surface area (Å²) in [6, 6.07) is 9.44. The molecule has 0 bridgehead atoms. The fraction of sp³-hybridized carbons (Fsp3) is 0.278. The number of nitrogens with one attached hydrogen (secondary N) is 1. The van der Waals surface area contributed by atoms with E-state index in [2.05, 4.69) is 20.0 Å². The monoisotopic (exact) mass is 322 g/mol. The van der Waals surface area contributed by atoms with Crippen molar-refractivity contribution in [1.29, 1.82) is 0 Å². The Morgan fingerprint density at radius 2 is 2.29 bits per heavy atom. The van der Waals surface area contributed by atoms with Crippen molar-refractivity contribution in [3.05, 3.63) is 54.3 Å². The number of amides is 1. The molecule has 1 atom stereocenters. The number of imidazole rings is 1. The van der Waals surface area contributed by atoms with Crippen molar-refractivity contribution < 1.29 is 9.32 Å². The van der Waals surface area contributed by atoms with E-state index in [9.17, 15) is 4.79 Å². The molecule has 1 aliphatic heterocycles. The molecule has 6 heteroatoms. The van der Waals surface area contributed by atoms with Gasteiger partial charge in [-0.25, -0.2) is 4.98 Å². The van der Waals surface area contributed by atoms with Crippen LogP contribution in [0.5, 0.6) is 0 Å². The number of aromatic nitrogens is 3. The van der Waals surface area contributed by atoms with Gasteiger partial charge in [0.25, 0.3) is 0 Å². The van der Waals surface area contributed by atoms with Gasteiger partial charge in [0.15, 0.2) is 0 Å². The normalized spacial score (nSPS) is 16.6. The molecule has 0 spiro atoms. The molecular weight excluding hydrogens is 304 g/mol. The van der Waals surface area contributed by atoms with Crippen LogP contribution < -0.4 is 5.32 Å². The van der Waals surface area contributed by atoms with E-state index < -0.39 is 0 Å². The first kappa shape index (κ1) is 14.7. The van der Waals surface area contributed by atoms with Crippen LogP contribution in [0.1, 0.15) is 17.9 Å². The number of rotatable bonds is 3. The van der Waals surface area contributed by atoms with Crippen molar-refractivity contribution in [3.8, 4) is 11.3 Å². The predicted octanol–water partition coefficient (Wildman–Crippen LogP) is 3.05. The Hall–Kier alpha value is -2.89. The number of anilines is 1. The third kappa shape index (κ3) is 2.71. The minimum atomic E-state index is -0.0238. The molecule has 3 heterocycles. The predicted molar refractivity (Wildman–Crippen MR) is 89.3 cm³/mol. The van der Waals surface area contributed by atoms with Gasteiger partial charge in [-0.15, -0.1) is 0 Å². The number of carbonyl (C=O) groups is 1. The molecule has 0 aliphatic carbocycles. The van der Waals surface area contributed by atoms with E-state index in [1.165, 1.54) is 6.26 Å². The number of fused-ring (bicyclic) bond motifs is 1. The summed E-state index contributed by atoms with van der Waals surface area (Å²) >= 11 is 0. The van der Waals surface area contributed by atoms with Crippen molar-refractivity contribution in [2.75, 3.05) is 5.32 Å². The van der Waals surface area contributed by atoms with Crippen molar-refractivity contribution in [2.45, 2.75) is 26.3 Å². The highest BCUT2D eigenvalue weighted by atomic mass is 16.5. The van der Waals surface area contributed by atoms with Gasteiger partial charge in [-0.05, 0) is 25.5 Å². The lowest BCUT2D eigenvalue weighted by Crippen LogP contribution is -2.30. The molecule has 1 unspecified atom stereocenters. The van der Waals surface area contributed by atoms with E-state index >= 15 is 0 Å². The van der Waals surface area contributed by atoms with Crippen molar-refractivity contribution >= 4 is 11.6 Å². The third-order valence-electron chi connectivity index (χ3n) is 4.53. The van der Waals surface area contributed by atoms with E-state index in [0.717, 1.165) is 47.8 Å². The number of hydrogen-bond donors (Lipinski definition) is 1. The lowest BCUT2D eigenvalue weighted by Gasteiger charge is -2.24.